The van der Waals surface area contributed by atoms with Crippen molar-refractivity contribution in [3.05, 3.63) is 0 Å². The molecule has 0 saturated heterocycles. The van der Waals surface area contributed by atoms with Crippen LogP contribution in [-0.4, -0.2) is 29.2 Å². The molecule has 4 unspecified atom stereocenters. The van der Waals surface area contributed by atoms with Crippen LogP contribution in [0.15, 0.2) is 0 Å². The van der Waals surface area contributed by atoms with Crippen molar-refractivity contribution in [1.82, 2.24) is 10.6 Å². The van der Waals surface area contributed by atoms with E-state index < -0.39 is 11.4 Å². The molecule has 0 aliphatic heterocycles. The Hall–Kier alpha value is -1.26. The third-order valence-electron chi connectivity index (χ3n) is 4.61. The largest absolute Gasteiger partial charge is 0.481 e. The summed E-state index contributed by atoms with van der Waals surface area (Å²) in [4.78, 5) is 23.2. The van der Waals surface area contributed by atoms with Gasteiger partial charge in [-0.3, -0.25) is 4.79 Å². The van der Waals surface area contributed by atoms with E-state index in [9.17, 15) is 14.7 Å². The molecule has 19 heavy (non-hydrogen) atoms. The molecule has 3 N–H and O–H groups in total. The average molecular weight is 270 g/mol. The van der Waals surface area contributed by atoms with Crippen LogP contribution < -0.4 is 10.6 Å². The number of carboxylic acids is 1. The molecule has 1 rings (SSSR count). The van der Waals surface area contributed by atoms with Crippen molar-refractivity contribution in [2.24, 2.45) is 11.3 Å². The summed E-state index contributed by atoms with van der Waals surface area (Å²) in [7, 11) is 0. The molecule has 2 amide bonds. The van der Waals surface area contributed by atoms with Gasteiger partial charge in [-0.05, 0) is 32.6 Å². The van der Waals surface area contributed by atoms with Crippen molar-refractivity contribution in [2.45, 2.75) is 65.5 Å². The second-order valence-electron chi connectivity index (χ2n) is 5.96. The summed E-state index contributed by atoms with van der Waals surface area (Å²) in [5, 5.41) is 15.0. The molecule has 1 saturated carbocycles. The van der Waals surface area contributed by atoms with Crippen LogP contribution in [0, 0.1) is 11.3 Å². The van der Waals surface area contributed by atoms with Gasteiger partial charge in [0.25, 0.3) is 0 Å². The number of hydrogen-bond donors (Lipinski definition) is 3. The lowest BCUT2D eigenvalue weighted by Gasteiger charge is -2.29. The lowest BCUT2D eigenvalue weighted by molar-refractivity contribution is -0.148. The number of hydrogen-bond acceptors (Lipinski definition) is 2. The fraction of sp³-hybridized carbons (Fsp3) is 0.857. The van der Waals surface area contributed by atoms with Gasteiger partial charge in [0.1, 0.15) is 0 Å². The first-order valence-electron chi connectivity index (χ1n) is 7.11. The Morgan fingerprint density at radius 2 is 2.05 bits per heavy atom. The molecule has 0 bridgehead atoms. The van der Waals surface area contributed by atoms with E-state index in [2.05, 4.69) is 24.5 Å². The molecule has 0 heterocycles. The van der Waals surface area contributed by atoms with Crippen molar-refractivity contribution in [2.75, 3.05) is 0 Å². The maximum Gasteiger partial charge on any atom is 0.315 e. The monoisotopic (exact) mass is 270 g/mol. The fourth-order valence-electron chi connectivity index (χ4n) is 2.56. The van der Waals surface area contributed by atoms with Crippen LogP contribution in [0.1, 0.15) is 53.4 Å². The number of aliphatic carboxylic acids is 1. The van der Waals surface area contributed by atoms with Crippen molar-refractivity contribution in [1.29, 1.82) is 0 Å². The Balaban J connectivity index is 2.55. The molecule has 5 nitrogen and oxygen atoms in total. The van der Waals surface area contributed by atoms with E-state index in [0.29, 0.717) is 12.3 Å². The van der Waals surface area contributed by atoms with Gasteiger partial charge >= 0.3 is 12.0 Å². The normalized spacial score (nSPS) is 29.6. The highest BCUT2D eigenvalue weighted by atomic mass is 16.4. The summed E-state index contributed by atoms with van der Waals surface area (Å²) in [5.74, 6) is -0.425. The van der Waals surface area contributed by atoms with Crippen LogP contribution in [0.5, 0.6) is 0 Å². The van der Waals surface area contributed by atoms with E-state index >= 15 is 0 Å². The first-order chi connectivity index (χ1) is 8.81. The molecule has 110 valence electrons. The van der Waals surface area contributed by atoms with E-state index in [0.717, 1.165) is 19.3 Å². The zero-order chi connectivity index (χ0) is 14.6. The molecule has 1 aliphatic carbocycles. The number of amides is 2. The molecule has 0 radical (unpaired) electrons. The van der Waals surface area contributed by atoms with Gasteiger partial charge in [0.15, 0.2) is 0 Å². The lowest BCUT2D eigenvalue weighted by Crippen LogP contribution is -2.52. The van der Waals surface area contributed by atoms with E-state index in [1.54, 1.807) is 6.92 Å². The predicted octanol–water partition coefficient (Wildman–Crippen LogP) is 2.36. The van der Waals surface area contributed by atoms with Gasteiger partial charge in [-0.2, -0.15) is 0 Å². The minimum Gasteiger partial charge on any atom is -0.481 e. The number of carbonyl (C=O) groups is 2. The molecule has 0 spiro atoms. The number of carbonyl (C=O) groups excluding carboxylic acids is 1. The van der Waals surface area contributed by atoms with Crippen molar-refractivity contribution in [3.8, 4) is 0 Å². The minimum atomic E-state index is -0.836. The predicted molar refractivity (Wildman–Crippen MR) is 74.0 cm³/mol. The van der Waals surface area contributed by atoms with Crippen LogP contribution in [0.25, 0.3) is 0 Å². The van der Waals surface area contributed by atoms with Gasteiger partial charge < -0.3 is 15.7 Å². The second kappa shape index (κ2) is 6.26. The van der Waals surface area contributed by atoms with Gasteiger partial charge in [-0.1, -0.05) is 26.7 Å². The number of nitrogens with one attached hydrogen (secondary N) is 2. The Bertz CT molecular complexity index is 346. The molecular weight excluding hydrogens is 244 g/mol. The highest BCUT2D eigenvalue weighted by molar-refractivity contribution is 5.79. The minimum absolute atomic E-state index is 0.0856. The van der Waals surface area contributed by atoms with Crippen LogP contribution >= 0.6 is 0 Å². The fourth-order valence-corrected chi connectivity index (χ4v) is 2.56. The van der Waals surface area contributed by atoms with Crippen molar-refractivity contribution < 1.29 is 14.7 Å². The topological polar surface area (TPSA) is 78.4 Å². The summed E-state index contributed by atoms with van der Waals surface area (Å²) < 4.78 is 0. The zero-order valence-electron chi connectivity index (χ0n) is 12.3. The molecule has 0 aromatic heterocycles. The van der Waals surface area contributed by atoms with E-state index in [1.807, 2.05) is 6.92 Å². The third-order valence-corrected chi connectivity index (χ3v) is 4.61. The zero-order valence-corrected chi connectivity index (χ0v) is 12.3. The van der Waals surface area contributed by atoms with Crippen LogP contribution in [-0.2, 0) is 4.79 Å². The van der Waals surface area contributed by atoms with Gasteiger partial charge in [0, 0.05) is 12.1 Å². The quantitative estimate of drug-likeness (QED) is 0.717. The Kier molecular flexibility index (Phi) is 5.20. The molecule has 1 fully saturated rings. The summed E-state index contributed by atoms with van der Waals surface area (Å²) >= 11 is 0. The molecule has 1 aliphatic rings. The summed E-state index contributed by atoms with van der Waals surface area (Å²) in [5.41, 5.74) is -0.836. The number of rotatable bonds is 5. The molecular formula is C14H26N2O3. The van der Waals surface area contributed by atoms with E-state index in [4.69, 9.17) is 0 Å². The summed E-state index contributed by atoms with van der Waals surface area (Å²) in [6.45, 7) is 7.85. The second-order valence-corrected chi connectivity index (χ2v) is 5.96. The SMILES string of the molecule is CCC(C)C(C)NC(=O)NC1CCCC1(C)C(=O)O. The van der Waals surface area contributed by atoms with Gasteiger partial charge in [0.05, 0.1) is 5.41 Å². The maximum atomic E-state index is 11.9. The Morgan fingerprint density at radius 1 is 1.42 bits per heavy atom. The summed E-state index contributed by atoms with van der Waals surface area (Å²) in [6.07, 6.45) is 3.19. The molecule has 5 heteroatoms. The molecule has 4 atom stereocenters. The Morgan fingerprint density at radius 3 is 2.58 bits per heavy atom. The highest BCUT2D eigenvalue weighted by Gasteiger charge is 2.45. The van der Waals surface area contributed by atoms with Gasteiger partial charge in [-0.15, -0.1) is 0 Å². The Labute approximate surface area is 115 Å². The third kappa shape index (κ3) is 3.61. The van der Waals surface area contributed by atoms with E-state index in [1.165, 1.54) is 0 Å². The standard InChI is InChI=1S/C14H26N2O3/c1-5-9(2)10(3)15-13(19)16-11-7-6-8-14(11,4)12(17)18/h9-11H,5-8H2,1-4H3,(H,17,18)(H2,15,16,19). The van der Waals surface area contributed by atoms with Crippen molar-refractivity contribution >= 4 is 12.0 Å². The highest BCUT2D eigenvalue weighted by Crippen LogP contribution is 2.38. The maximum absolute atomic E-state index is 11.9. The lowest BCUT2D eigenvalue weighted by atomic mass is 9.85. The molecule has 0 aromatic carbocycles. The smallest absolute Gasteiger partial charge is 0.315 e. The number of urea groups is 1. The van der Waals surface area contributed by atoms with Crippen LogP contribution in [0.2, 0.25) is 0 Å². The van der Waals surface area contributed by atoms with Crippen LogP contribution in [0.3, 0.4) is 0 Å². The first kappa shape index (κ1) is 15.8. The first-order valence-corrected chi connectivity index (χ1v) is 7.11. The van der Waals surface area contributed by atoms with E-state index in [-0.39, 0.29) is 18.1 Å². The van der Waals surface area contributed by atoms with Gasteiger partial charge in [-0.25, -0.2) is 4.79 Å². The van der Waals surface area contributed by atoms with Crippen LogP contribution in [0.4, 0.5) is 4.79 Å². The molecule has 0 aromatic rings. The number of carboxylic acid groups (broad SMARTS) is 1. The van der Waals surface area contributed by atoms with Gasteiger partial charge in [0.2, 0.25) is 0 Å². The average Bonchev–Trinajstić information content (AvgIpc) is 2.71. The summed E-state index contributed by atoms with van der Waals surface area (Å²) in [6, 6.07) is -0.455. The van der Waals surface area contributed by atoms with Crippen molar-refractivity contribution in [3.63, 3.8) is 0 Å².